The number of rotatable bonds is 9. The maximum absolute atomic E-state index is 11.6. The first kappa shape index (κ1) is 17.9. The third-order valence-electron chi connectivity index (χ3n) is 3.47. The van der Waals surface area contributed by atoms with Crippen LogP contribution in [0.15, 0.2) is 0 Å². The number of nitrogens with one attached hydrogen (secondary N) is 1. The maximum atomic E-state index is 11.6. The van der Waals surface area contributed by atoms with Crippen LogP contribution < -0.4 is 5.32 Å². The van der Waals surface area contributed by atoms with Gasteiger partial charge < -0.3 is 19.7 Å². The van der Waals surface area contributed by atoms with Gasteiger partial charge in [0.05, 0.1) is 19.8 Å². The first-order valence-electron chi connectivity index (χ1n) is 7.44. The summed E-state index contributed by atoms with van der Waals surface area (Å²) in [5.41, 5.74) is 0. The number of hydrogen-bond acceptors (Lipinski definition) is 5. The Kier molecular flexibility index (Phi) is 8.96. The van der Waals surface area contributed by atoms with Gasteiger partial charge in [0.2, 0.25) is 11.8 Å². The van der Waals surface area contributed by atoms with E-state index in [1.807, 2.05) is 0 Å². The van der Waals surface area contributed by atoms with Gasteiger partial charge in [-0.1, -0.05) is 0 Å². The summed E-state index contributed by atoms with van der Waals surface area (Å²) in [4.78, 5) is 27.2. The molecule has 21 heavy (non-hydrogen) atoms. The topological polar surface area (TPSA) is 71.1 Å². The summed E-state index contributed by atoms with van der Waals surface area (Å²) in [5, 5.41) is 2.75. The first-order valence-corrected chi connectivity index (χ1v) is 7.44. The van der Waals surface area contributed by atoms with Gasteiger partial charge in [-0.25, -0.2) is 0 Å². The number of carbonyl (C=O) groups excluding carboxylic acids is 2. The molecule has 1 saturated heterocycles. The molecule has 0 aromatic rings. The Balaban J connectivity index is 2.22. The van der Waals surface area contributed by atoms with Gasteiger partial charge in [0.15, 0.2) is 0 Å². The highest BCUT2D eigenvalue weighted by Gasteiger charge is 2.15. The molecular formula is C14H27N3O4. The Morgan fingerprint density at radius 1 is 1.29 bits per heavy atom. The van der Waals surface area contributed by atoms with Gasteiger partial charge in [-0.15, -0.1) is 0 Å². The number of methoxy groups -OCH3 is 1. The van der Waals surface area contributed by atoms with Gasteiger partial charge in [-0.05, 0) is 0 Å². The molecule has 122 valence electrons. The second-order valence-corrected chi connectivity index (χ2v) is 5.05. The summed E-state index contributed by atoms with van der Waals surface area (Å²) in [5.74, 6) is -0.0439. The van der Waals surface area contributed by atoms with Gasteiger partial charge in [0.1, 0.15) is 0 Å². The summed E-state index contributed by atoms with van der Waals surface area (Å²) in [7, 11) is 1.59. The summed E-state index contributed by atoms with van der Waals surface area (Å²) < 4.78 is 10.2. The van der Waals surface area contributed by atoms with Crippen molar-refractivity contribution in [3.05, 3.63) is 0 Å². The molecule has 0 bridgehead atoms. The fraction of sp³-hybridized carbons (Fsp3) is 0.857. The van der Waals surface area contributed by atoms with E-state index in [4.69, 9.17) is 9.47 Å². The Bertz CT molecular complexity index is 319. The number of hydrogen-bond donors (Lipinski definition) is 1. The molecule has 0 spiro atoms. The summed E-state index contributed by atoms with van der Waals surface area (Å²) in [6.07, 6.45) is 0.326. The lowest BCUT2D eigenvalue weighted by Crippen LogP contribution is -2.43. The molecule has 0 aromatic carbocycles. The van der Waals surface area contributed by atoms with E-state index >= 15 is 0 Å². The molecule has 1 aliphatic rings. The molecule has 1 fully saturated rings. The smallest absolute Gasteiger partial charge is 0.221 e. The SMILES string of the molecule is COCCNC(=O)CCN(CCN1CCOCC1)C(C)=O. The zero-order valence-electron chi connectivity index (χ0n) is 13.1. The third-order valence-corrected chi connectivity index (χ3v) is 3.47. The molecule has 1 aliphatic heterocycles. The lowest BCUT2D eigenvalue weighted by atomic mass is 10.3. The van der Waals surface area contributed by atoms with E-state index in [9.17, 15) is 9.59 Å². The van der Waals surface area contributed by atoms with Crippen molar-refractivity contribution in [1.82, 2.24) is 15.1 Å². The second-order valence-electron chi connectivity index (χ2n) is 5.05. The average molecular weight is 301 g/mol. The van der Waals surface area contributed by atoms with Crippen molar-refractivity contribution in [2.75, 3.05) is 66.2 Å². The molecule has 0 atom stereocenters. The van der Waals surface area contributed by atoms with E-state index < -0.39 is 0 Å². The molecule has 0 aromatic heterocycles. The van der Waals surface area contributed by atoms with Crippen LogP contribution in [-0.2, 0) is 19.1 Å². The fourth-order valence-electron chi connectivity index (χ4n) is 2.13. The predicted molar refractivity (Wildman–Crippen MR) is 79.0 cm³/mol. The summed E-state index contributed by atoms with van der Waals surface area (Å²) in [6, 6.07) is 0. The molecular weight excluding hydrogens is 274 g/mol. The standard InChI is InChI=1S/C14H27N3O4/c1-13(18)17(5-3-14(19)15-4-10-20-2)7-6-16-8-11-21-12-9-16/h3-12H2,1-2H3,(H,15,19). The van der Waals surface area contributed by atoms with Crippen LogP contribution in [0.3, 0.4) is 0 Å². The second kappa shape index (κ2) is 10.5. The van der Waals surface area contributed by atoms with E-state index in [0.717, 1.165) is 32.8 Å². The van der Waals surface area contributed by atoms with E-state index in [0.29, 0.717) is 32.7 Å². The normalized spacial score (nSPS) is 15.7. The van der Waals surface area contributed by atoms with E-state index in [1.165, 1.54) is 0 Å². The van der Waals surface area contributed by atoms with Crippen LogP contribution in [0.1, 0.15) is 13.3 Å². The molecule has 7 nitrogen and oxygen atoms in total. The van der Waals surface area contributed by atoms with Crippen LogP contribution in [0.2, 0.25) is 0 Å². The molecule has 0 aliphatic carbocycles. The first-order chi connectivity index (χ1) is 10.1. The number of morpholine rings is 1. The molecule has 7 heteroatoms. The zero-order valence-corrected chi connectivity index (χ0v) is 13.1. The molecule has 1 N–H and O–H groups in total. The van der Waals surface area contributed by atoms with Crippen molar-refractivity contribution in [3.63, 3.8) is 0 Å². The van der Waals surface area contributed by atoms with Gasteiger partial charge >= 0.3 is 0 Å². The van der Waals surface area contributed by atoms with Crippen LogP contribution in [0, 0.1) is 0 Å². The van der Waals surface area contributed by atoms with E-state index in [-0.39, 0.29) is 11.8 Å². The Labute approximate surface area is 126 Å². The van der Waals surface area contributed by atoms with Crippen LogP contribution in [0.4, 0.5) is 0 Å². The number of carbonyl (C=O) groups is 2. The van der Waals surface area contributed by atoms with Crippen LogP contribution in [0.25, 0.3) is 0 Å². The minimum absolute atomic E-state index is 0.00736. The lowest BCUT2D eigenvalue weighted by molar-refractivity contribution is -0.130. The van der Waals surface area contributed by atoms with E-state index in [2.05, 4.69) is 10.2 Å². The molecule has 1 heterocycles. The average Bonchev–Trinajstić information content (AvgIpc) is 2.48. The van der Waals surface area contributed by atoms with Crippen molar-refractivity contribution >= 4 is 11.8 Å². The highest BCUT2D eigenvalue weighted by atomic mass is 16.5. The molecule has 0 radical (unpaired) electrons. The van der Waals surface area contributed by atoms with Gasteiger partial charge in [0, 0.05) is 59.7 Å². The van der Waals surface area contributed by atoms with Crippen molar-refractivity contribution in [2.45, 2.75) is 13.3 Å². The number of ether oxygens (including phenoxy) is 2. The van der Waals surface area contributed by atoms with Crippen molar-refractivity contribution < 1.29 is 19.1 Å². The summed E-state index contributed by atoms with van der Waals surface area (Å²) >= 11 is 0. The summed E-state index contributed by atoms with van der Waals surface area (Å²) in [6.45, 7) is 7.80. The molecule has 1 rings (SSSR count). The van der Waals surface area contributed by atoms with Crippen molar-refractivity contribution in [3.8, 4) is 0 Å². The number of nitrogens with zero attached hydrogens (tertiary/aromatic N) is 2. The largest absolute Gasteiger partial charge is 0.383 e. The zero-order chi connectivity index (χ0) is 15.5. The predicted octanol–water partition coefficient (Wildman–Crippen LogP) is -0.680. The molecule has 0 saturated carbocycles. The van der Waals surface area contributed by atoms with E-state index in [1.54, 1.807) is 18.9 Å². The van der Waals surface area contributed by atoms with Crippen molar-refractivity contribution in [1.29, 1.82) is 0 Å². The lowest BCUT2D eigenvalue weighted by Gasteiger charge is -2.29. The van der Waals surface area contributed by atoms with Crippen LogP contribution in [0.5, 0.6) is 0 Å². The Hall–Kier alpha value is -1.18. The maximum Gasteiger partial charge on any atom is 0.221 e. The van der Waals surface area contributed by atoms with Crippen LogP contribution in [-0.4, -0.2) is 87.8 Å². The Morgan fingerprint density at radius 2 is 2.00 bits per heavy atom. The van der Waals surface area contributed by atoms with Crippen molar-refractivity contribution in [2.24, 2.45) is 0 Å². The minimum atomic E-state index is -0.0512. The van der Waals surface area contributed by atoms with Crippen LogP contribution >= 0.6 is 0 Å². The molecule has 2 amide bonds. The minimum Gasteiger partial charge on any atom is -0.383 e. The fourth-order valence-corrected chi connectivity index (χ4v) is 2.13. The van der Waals surface area contributed by atoms with Gasteiger partial charge in [-0.2, -0.15) is 0 Å². The third kappa shape index (κ3) is 7.99. The van der Waals surface area contributed by atoms with Gasteiger partial charge in [-0.3, -0.25) is 14.5 Å². The highest BCUT2D eigenvalue weighted by molar-refractivity contribution is 5.77. The number of amides is 2. The van der Waals surface area contributed by atoms with Gasteiger partial charge in [0.25, 0.3) is 0 Å². The highest BCUT2D eigenvalue weighted by Crippen LogP contribution is 1.99. The Morgan fingerprint density at radius 3 is 2.62 bits per heavy atom. The quantitative estimate of drug-likeness (QED) is 0.571. The molecule has 0 unspecified atom stereocenters. The monoisotopic (exact) mass is 301 g/mol.